The number of aryl methyl sites for hydroxylation is 1. The number of rotatable bonds is 5. The molecule has 0 radical (unpaired) electrons. The summed E-state index contributed by atoms with van der Waals surface area (Å²) in [5, 5.41) is 11.8. The number of carbonyl (C=O) groups is 1. The Morgan fingerprint density at radius 3 is 2.72 bits per heavy atom. The van der Waals surface area contributed by atoms with Crippen molar-refractivity contribution in [2.75, 3.05) is 37.4 Å². The van der Waals surface area contributed by atoms with Crippen LogP contribution < -0.4 is 10.2 Å². The minimum absolute atomic E-state index is 0.233. The normalized spacial score (nSPS) is 14.1. The Morgan fingerprint density at radius 2 is 1.97 bits per heavy atom. The highest BCUT2D eigenvalue weighted by Crippen LogP contribution is 2.24. The van der Waals surface area contributed by atoms with E-state index in [1.54, 1.807) is 35.4 Å². The average Bonchev–Trinajstić information content (AvgIpc) is 3.18. The lowest BCUT2D eigenvalue weighted by Crippen LogP contribution is -2.57. The molecule has 5 rings (SSSR count). The van der Waals surface area contributed by atoms with Crippen LogP contribution in [0.1, 0.15) is 10.4 Å². The van der Waals surface area contributed by atoms with Crippen LogP contribution in [0, 0.1) is 0 Å². The van der Waals surface area contributed by atoms with Crippen LogP contribution in [0.3, 0.4) is 0 Å². The lowest BCUT2D eigenvalue weighted by molar-refractivity contribution is 0.102. The van der Waals surface area contributed by atoms with Crippen LogP contribution in [-0.4, -0.2) is 74.0 Å². The van der Waals surface area contributed by atoms with Crippen molar-refractivity contribution in [3.8, 4) is 11.3 Å². The average molecular weight is 429 g/mol. The molecule has 0 aromatic carbocycles. The molecule has 5 heterocycles. The minimum atomic E-state index is -0.233. The van der Waals surface area contributed by atoms with E-state index in [2.05, 4.69) is 54.5 Å². The van der Waals surface area contributed by atoms with Crippen molar-refractivity contribution >= 4 is 28.4 Å². The molecule has 1 amide bonds. The number of nitrogens with one attached hydrogen (secondary N) is 1. The summed E-state index contributed by atoms with van der Waals surface area (Å²) in [6.45, 7) is 1.80. The maximum Gasteiger partial charge on any atom is 0.257 e. The summed E-state index contributed by atoms with van der Waals surface area (Å²) in [7, 11) is 5.96. The summed E-state index contributed by atoms with van der Waals surface area (Å²) < 4.78 is 1.64. The third-order valence-corrected chi connectivity index (χ3v) is 5.63. The number of aromatic nitrogens is 6. The van der Waals surface area contributed by atoms with Gasteiger partial charge in [-0.1, -0.05) is 5.21 Å². The zero-order chi connectivity index (χ0) is 22.2. The molecule has 0 aliphatic carbocycles. The Bertz CT molecular complexity index is 1290. The minimum Gasteiger partial charge on any atom is -0.353 e. The van der Waals surface area contributed by atoms with E-state index >= 15 is 0 Å². The van der Waals surface area contributed by atoms with E-state index in [0.717, 1.165) is 41.1 Å². The summed E-state index contributed by atoms with van der Waals surface area (Å²) in [5.74, 6) is 1.03. The molecule has 0 saturated carbocycles. The van der Waals surface area contributed by atoms with Gasteiger partial charge in [0, 0.05) is 55.1 Å². The first-order valence-electron chi connectivity index (χ1n) is 10.3. The third kappa shape index (κ3) is 3.87. The Balaban J connectivity index is 1.34. The summed E-state index contributed by atoms with van der Waals surface area (Å²) >= 11 is 0. The van der Waals surface area contributed by atoms with Crippen molar-refractivity contribution in [3.05, 3.63) is 54.6 Å². The number of pyridine rings is 3. The molecule has 1 aliphatic rings. The maximum atomic E-state index is 12.9. The number of fused-ring (bicyclic) bond motifs is 1. The molecular weight excluding hydrogens is 406 g/mol. The van der Waals surface area contributed by atoms with E-state index in [4.69, 9.17) is 0 Å². The molecule has 0 unspecified atom stereocenters. The smallest absolute Gasteiger partial charge is 0.257 e. The summed E-state index contributed by atoms with van der Waals surface area (Å²) in [6.07, 6.45) is 6.87. The van der Waals surface area contributed by atoms with E-state index in [1.165, 1.54) is 0 Å². The van der Waals surface area contributed by atoms with Gasteiger partial charge in [-0.3, -0.25) is 14.5 Å². The Labute approximate surface area is 184 Å². The molecular formula is C22H23N9O. The summed E-state index contributed by atoms with van der Waals surface area (Å²) in [6, 6.07) is 7.79. The van der Waals surface area contributed by atoms with Gasteiger partial charge in [-0.15, -0.1) is 5.10 Å². The molecule has 1 N–H and O–H groups in total. The van der Waals surface area contributed by atoms with Crippen LogP contribution in [-0.2, 0) is 7.05 Å². The predicted octanol–water partition coefficient (Wildman–Crippen LogP) is 1.82. The number of nitrogens with zero attached hydrogens (tertiary/aromatic N) is 8. The van der Waals surface area contributed by atoms with Gasteiger partial charge in [-0.05, 0) is 38.4 Å². The van der Waals surface area contributed by atoms with Crippen LogP contribution in [0.2, 0.25) is 0 Å². The second-order valence-corrected chi connectivity index (χ2v) is 8.14. The summed E-state index contributed by atoms with van der Waals surface area (Å²) in [4.78, 5) is 30.4. The second-order valence-electron chi connectivity index (χ2n) is 8.14. The molecule has 0 spiro atoms. The molecule has 4 aromatic rings. The molecule has 1 saturated heterocycles. The van der Waals surface area contributed by atoms with Crippen LogP contribution in [0.15, 0.2) is 49.1 Å². The third-order valence-electron chi connectivity index (χ3n) is 5.63. The number of carbonyl (C=O) groups excluding carboxylic acids is 1. The van der Waals surface area contributed by atoms with Gasteiger partial charge in [0.2, 0.25) is 0 Å². The summed E-state index contributed by atoms with van der Waals surface area (Å²) in [5.41, 5.74) is 2.85. The van der Waals surface area contributed by atoms with E-state index in [-0.39, 0.29) is 5.91 Å². The molecule has 4 aromatic heterocycles. The van der Waals surface area contributed by atoms with E-state index in [9.17, 15) is 4.79 Å². The highest BCUT2D eigenvalue weighted by atomic mass is 16.1. The van der Waals surface area contributed by atoms with Crippen molar-refractivity contribution < 1.29 is 4.79 Å². The van der Waals surface area contributed by atoms with Gasteiger partial charge in [0.15, 0.2) is 0 Å². The fraction of sp³-hybridized carbons (Fsp3) is 0.273. The molecule has 0 atom stereocenters. The second kappa shape index (κ2) is 7.97. The lowest BCUT2D eigenvalue weighted by Gasteiger charge is -2.43. The predicted molar refractivity (Wildman–Crippen MR) is 121 cm³/mol. The topological polar surface area (TPSA) is 105 Å². The number of anilines is 2. The van der Waals surface area contributed by atoms with Gasteiger partial charge >= 0.3 is 0 Å². The number of hydrogen-bond acceptors (Lipinski definition) is 8. The maximum absolute atomic E-state index is 12.9. The highest BCUT2D eigenvalue weighted by Gasteiger charge is 2.29. The first-order chi connectivity index (χ1) is 15.5. The van der Waals surface area contributed by atoms with Gasteiger partial charge in [0.1, 0.15) is 17.3 Å². The van der Waals surface area contributed by atoms with Crippen LogP contribution in [0.5, 0.6) is 0 Å². The largest absolute Gasteiger partial charge is 0.353 e. The number of likely N-dealkylation sites (N-methyl/N-ethyl adjacent to an activating group) is 1. The van der Waals surface area contributed by atoms with Crippen LogP contribution in [0.25, 0.3) is 22.2 Å². The van der Waals surface area contributed by atoms with Gasteiger partial charge in [-0.2, -0.15) is 0 Å². The zero-order valence-corrected chi connectivity index (χ0v) is 18.1. The Hall–Kier alpha value is -3.92. The van der Waals surface area contributed by atoms with E-state index < -0.39 is 0 Å². The first-order valence-corrected chi connectivity index (χ1v) is 10.3. The molecule has 10 heteroatoms. The van der Waals surface area contributed by atoms with Gasteiger partial charge in [0.25, 0.3) is 5.91 Å². The molecule has 1 aliphatic heterocycles. The zero-order valence-electron chi connectivity index (χ0n) is 18.1. The number of amides is 1. The fourth-order valence-corrected chi connectivity index (χ4v) is 3.61. The van der Waals surface area contributed by atoms with Crippen LogP contribution >= 0.6 is 0 Å². The first kappa shape index (κ1) is 20.0. The van der Waals surface area contributed by atoms with E-state index in [0.29, 0.717) is 17.4 Å². The quantitative estimate of drug-likeness (QED) is 0.512. The standard InChI is InChI=1S/C22H23N9O/c1-29(2)17-11-31(12-17)21-8-14(4-5-23-21)22(32)26-20-7-15-6-16(9-24-18(15)10-25-20)19-13-30(3)28-27-19/h4-10,13,17H,11-12H2,1-3H3,(H,25,26,32). The highest BCUT2D eigenvalue weighted by molar-refractivity contribution is 6.04. The Kier molecular flexibility index (Phi) is 4.98. The van der Waals surface area contributed by atoms with Gasteiger partial charge in [0.05, 0.1) is 17.9 Å². The molecule has 32 heavy (non-hydrogen) atoms. The van der Waals surface area contributed by atoms with Crippen molar-refractivity contribution in [2.45, 2.75) is 6.04 Å². The van der Waals surface area contributed by atoms with Crippen molar-refractivity contribution in [2.24, 2.45) is 7.05 Å². The fourth-order valence-electron chi connectivity index (χ4n) is 3.61. The molecule has 0 bridgehead atoms. The lowest BCUT2D eigenvalue weighted by atomic mass is 10.1. The number of hydrogen-bond donors (Lipinski definition) is 1. The van der Waals surface area contributed by atoms with Crippen molar-refractivity contribution in [3.63, 3.8) is 0 Å². The Morgan fingerprint density at radius 1 is 1.12 bits per heavy atom. The van der Waals surface area contributed by atoms with Crippen LogP contribution in [0.4, 0.5) is 11.6 Å². The molecule has 162 valence electrons. The van der Waals surface area contributed by atoms with Gasteiger partial charge in [-0.25, -0.2) is 9.97 Å². The van der Waals surface area contributed by atoms with Crippen molar-refractivity contribution in [1.82, 2.24) is 34.8 Å². The molecule has 10 nitrogen and oxygen atoms in total. The molecule has 1 fully saturated rings. The van der Waals surface area contributed by atoms with E-state index in [1.807, 2.05) is 25.4 Å². The van der Waals surface area contributed by atoms with Gasteiger partial charge < -0.3 is 15.1 Å². The SMILES string of the molecule is CN(C)C1CN(c2cc(C(=O)Nc3cc4cc(-c5cn(C)nn5)cnc4cn3)ccn2)C1. The van der Waals surface area contributed by atoms with Crippen molar-refractivity contribution in [1.29, 1.82) is 0 Å². The monoisotopic (exact) mass is 429 g/mol.